The van der Waals surface area contributed by atoms with E-state index in [0.717, 1.165) is 13.2 Å². The zero-order valence-electron chi connectivity index (χ0n) is 6.27. The van der Waals surface area contributed by atoms with Gasteiger partial charge in [-0.1, -0.05) is 0 Å². The number of nitrogens with one attached hydrogen (secondary N) is 1. The van der Waals surface area contributed by atoms with Crippen LogP contribution < -0.4 is 5.09 Å². The molecule has 1 aliphatic heterocycles. The molecule has 5 heteroatoms. The van der Waals surface area contributed by atoms with Crippen molar-refractivity contribution in [3.63, 3.8) is 0 Å². The van der Waals surface area contributed by atoms with Crippen LogP contribution in [0.4, 0.5) is 0 Å². The average Bonchev–Trinajstić information content (AvgIpc) is 2.16. The summed E-state index contributed by atoms with van der Waals surface area (Å²) < 4.78 is 7.72. The summed E-state index contributed by atoms with van der Waals surface area (Å²) in [6, 6.07) is 0. The maximum atomic E-state index is 5.56. The molecular formula is C4H14BN2OP. The van der Waals surface area contributed by atoms with Gasteiger partial charge in [-0.2, -0.15) is 0 Å². The van der Waals surface area contributed by atoms with E-state index in [9.17, 15) is 0 Å². The molecule has 0 amide bonds. The van der Waals surface area contributed by atoms with Crippen molar-refractivity contribution in [1.29, 1.82) is 0 Å². The van der Waals surface area contributed by atoms with E-state index in [-0.39, 0.29) is 0 Å². The Kier molecular flexibility index (Phi) is 2.12. The summed E-state index contributed by atoms with van der Waals surface area (Å²) in [7, 11) is 4.71. The van der Waals surface area contributed by atoms with E-state index in [1.54, 1.807) is 0 Å². The molecule has 1 fully saturated rings. The summed E-state index contributed by atoms with van der Waals surface area (Å²) in [4.78, 5) is 0. The van der Waals surface area contributed by atoms with Gasteiger partial charge in [-0.3, -0.25) is 0 Å². The van der Waals surface area contributed by atoms with E-state index in [1.807, 2.05) is 0 Å². The summed E-state index contributed by atoms with van der Waals surface area (Å²) in [5.74, 6) is 0. The van der Waals surface area contributed by atoms with Gasteiger partial charge in [-0.25, -0.2) is 0 Å². The summed E-state index contributed by atoms with van der Waals surface area (Å²) >= 11 is 0. The van der Waals surface area contributed by atoms with Gasteiger partial charge in [0.05, 0.1) is 0 Å². The predicted octanol–water partition coefficient (Wildman–Crippen LogP) is -0.789. The topological polar surface area (TPSA) is 24.5 Å². The molecule has 0 aromatic carbocycles. The Morgan fingerprint density at radius 2 is 2.33 bits per heavy atom. The average molecular weight is 148 g/mol. The van der Waals surface area contributed by atoms with E-state index >= 15 is 0 Å². The molecule has 9 heavy (non-hydrogen) atoms. The van der Waals surface area contributed by atoms with E-state index < -0.39 is 7.67 Å². The fourth-order valence-electron chi connectivity index (χ4n) is 0.871. The molecule has 0 radical (unpaired) electrons. The molecule has 0 spiro atoms. The molecule has 0 bridgehead atoms. The van der Waals surface area contributed by atoms with Crippen LogP contribution in [0.1, 0.15) is 0 Å². The molecule has 1 heterocycles. The molecule has 0 aromatic heterocycles. The molecule has 1 rings (SSSR count). The molecular weight excluding hydrogens is 134 g/mol. The van der Waals surface area contributed by atoms with Crippen LogP contribution in [0.15, 0.2) is 0 Å². The standard InChI is InChI=1S/C4H14BN2OP/c1-7(2)9(5)6-3-4-8-9/h6,9H,3-5H2,1-2H3. The van der Waals surface area contributed by atoms with Crippen molar-refractivity contribution in [2.24, 2.45) is 0 Å². The van der Waals surface area contributed by atoms with Crippen molar-refractivity contribution in [2.75, 3.05) is 27.2 Å². The fraction of sp³-hybridized carbons (Fsp3) is 1.00. The molecule has 1 N–H and O–H groups in total. The molecule has 1 saturated heterocycles. The SMILES string of the molecule is B[PH]1(N(C)C)NCCO1. The Balaban J connectivity index is 2.51. The quantitative estimate of drug-likeness (QED) is 0.389. The van der Waals surface area contributed by atoms with Gasteiger partial charge in [0.1, 0.15) is 0 Å². The molecule has 0 saturated carbocycles. The number of hydrogen-bond acceptors (Lipinski definition) is 3. The first kappa shape index (κ1) is 7.48. The Bertz CT molecular complexity index is 105. The molecule has 3 nitrogen and oxygen atoms in total. The van der Waals surface area contributed by atoms with E-state index in [0.29, 0.717) is 0 Å². The van der Waals surface area contributed by atoms with Crippen molar-refractivity contribution in [2.45, 2.75) is 0 Å². The van der Waals surface area contributed by atoms with Gasteiger partial charge >= 0.3 is 56.8 Å². The Hall–Kier alpha value is 0.375. The minimum absolute atomic E-state index is 0.876. The van der Waals surface area contributed by atoms with Gasteiger partial charge in [0, 0.05) is 0 Å². The van der Waals surface area contributed by atoms with Crippen LogP contribution in [0.5, 0.6) is 0 Å². The van der Waals surface area contributed by atoms with E-state index in [2.05, 4.69) is 31.4 Å². The van der Waals surface area contributed by atoms with Crippen LogP contribution in [0.25, 0.3) is 0 Å². The molecule has 0 unspecified atom stereocenters. The number of nitrogens with zero attached hydrogens (tertiary/aromatic N) is 1. The van der Waals surface area contributed by atoms with Crippen molar-refractivity contribution < 1.29 is 4.52 Å². The first-order valence-corrected chi connectivity index (χ1v) is 5.57. The van der Waals surface area contributed by atoms with E-state index in [1.165, 1.54) is 0 Å². The number of rotatable bonds is 1. The van der Waals surface area contributed by atoms with Crippen LogP contribution in [-0.2, 0) is 4.52 Å². The van der Waals surface area contributed by atoms with Crippen LogP contribution in [0.3, 0.4) is 0 Å². The van der Waals surface area contributed by atoms with Crippen LogP contribution in [0, 0.1) is 0 Å². The summed E-state index contributed by atoms with van der Waals surface area (Å²) in [5.41, 5.74) is 0. The fourth-order valence-corrected chi connectivity index (χ4v) is 2.61. The summed E-state index contributed by atoms with van der Waals surface area (Å²) in [5, 5.41) is 3.38. The third-order valence-electron chi connectivity index (χ3n) is 1.79. The van der Waals surface area contributed by atoms with Gasteiger partial charge in [-0.15, -0.1) is 0 Å². The van der Waals surface area contributed by atoms with Crippen LogP contribution in [0.2, 0.25) is 0 Å². The zero-order valence-corrected chi connectivity index (χ0v) is 7.27. The van der Waals surface area contributed by atoms with Gasteiger partial charge in [-0.05, 0) is 0 Å². The second-order valence-corrected chi connectivity index (χ2v) is 6.15. The third-order valence-corrected chi connectivity index (χ3v) is 5.17. The van der Waals surface area contributed by atoms with Gasteiger partial charge in [0.25, 0.3) is 0 Å². The zero-order chi connectivity index (χ0) is 6.91. The second kappa shape index (κ2) is 2.55. The van der Waals surface area contributed by atoms with E-state index in [4.69, 9.17) is 4.52 Å². The third kappa shape index (κ3) is 1.44. The second-order valence-electron chi connectivity index (χ2n) is 2.65. The minimum atomic E-state index is -1.58. The first-order chi connectivity index (χ1) is 4.15. The van der Waals surface area contributed by atoms with Crippen LogP contribution in [-0.4, -0.2) is 39.5 Å². The number of hydrogen-bond donors (Lipinski definition) is 1. The predicted molar refractivity (Wildman–Crippen MR) is 44.5 cm³/mol. The van der Waals surface area contributed by atoms with Crippen molar-refractivity contribution in [3.8, 4) is 0 Å². The summed E-state index contributed by atoms with van der Waals surface area (Å²) in [6.45, 7) is 1.89. The first-order valence-electron chi connectivity index (χ1n) is 3.21. The normalized spacial score (nSPS) is 28.8. The Morgan fingerprint density at radius 1 is 1.67 bits per heavy atom. The molecule has 0 atom stereocenters. The molecule has 0 aliphatic carbocycles. The molecule has 54 valence electrons. The Morgan fingerprint density at radius 3 is 2.56 bits per heavy atom. The maximum absolute atomic E-state index is 5.56. The van der Waals surface area contributed by atoms with Crippen LogP contribution >= 0.6 is 7.67 Å². The molecule has 0 aromatic rings. The molecule has 1 aliphatic rings. The van der Waals surface area contributed by atoms with Crippen molar-refractivity contribution in [3.05, 3.63) is 0 Å². The van der Waals surface area contributed by atoms with Gasteiger partial charge < -0.3 is 0 Å². The van der Waals surface area contributed by atoms with Crippen molar-refractivity contribution in [1.82, 2.24) is 9.76 Å². The van der Waals surface area contributed by atoms with Crippen molar-refractivity contribution >= 4 is 15.2 Å². The van der Waals surface area contributed by atoms with Gasteiger partial charge in [0.15, 0.2) is 0 Å². The Labute approximate surface area is 57.6 Å². The monoisotopic (exact) mass is 148 g/mol. The summed E-state index contributed by atoms with van der Waals surface area (Å²) in [6.07, 6.45) is 0. The van der Waals surface area contributed by atoms with Gasteiger partial charge in [0.2, 0.25) is 0 Å².